The molecule has 3 heteroatoms. The van der Waals surface area contributed by atoms with Crippen LogP contribution < -0.4 is 0 Å². The van der Waals surface area contributed by atoms with Gasteiger partial charge >= 0.3 is 0 Å². The number of amides is 1. The summed E-state index contributed by atoms with van der Waals surface area (Å²) in [6.45, 7) is 2.26. The molecule has 2 nitrogen and oxygen atoms in total. The lowest BCUT2D eigenvalue weighted by Crippen LogP contribution is -2.42. The summed E-state index contributed by atoms with van der Waals surface area (Å²) in [5.41, 5.74) is 0. The smallest absolute Gasteiger partial charge is 0.233 e. The summed E-state index contributed by atoms with van der Waals surface area (Å²) in [6.07, 6.45) is 7.96. The highest BCUT2D eigenvalue weighted by atomic mass is 32.2. The van der Waals surface area contributed by atoms with Gasteiger partial charge in [0.25, 0.3) is 0 Å². The number of carbonyl (C=O) groups is 1. The molecule has 3 aliphatic rings. The van der Waals surface area contributed by atoms with Crippen molar-refractivity contribution < 1.29 is 4.79 Å². The van der Waals surface area contributed by atoms with Crippen LogP contribution in [0.5, 0.6) is 0 Å². The third-order valence-electron chi connectivity index (χ3n) is 4.25. The van der Waals surface area contributed by atoms with Crippen molar-refractivity contribution in [3.8, 4) is 0 Å². The monoisotopic (exact) mass is 253 g/mol. The molecule has 0 heterocycles. The van der Waals surface area contributed by atoms with Crippen molar-refractivity contribution in [1.29, 1.82) is 0 Å². The van der Waals surface area contributed by atoms with E-state index in [0.717, 1.165) is 17.6 Å². The van der Waals surface area contributed by atoms with Crippen LogP contribution in [0.3, 0.4) is 0 Å². The fourth-order valence-electron chi connectivity index (χ4n) is 2.59. The van der Waals surface area contributed by atoms with Crippen molar-refractivity contribution in [2.75, 3.05) is 11.5 Å². The van der Waals surface area contributed by atoms with E-state index in [0.29, 0.717) is 18.0 Å². The normalized spacial score (nSPS) is 25.7. The number of hydrogen-bond acceptors (Lipinski definition) is 2. The molecule has 3 fully saturated rings. The molecule has 3 saturated carbocycles. The Labute approximate surface area is 109 Å². The molecule has 0 spiro atoms. The molecule has 0 N–H and O–H groups in total. The van der Waals surface area contributed by atoms with Crippen LogP contribution in [-0.2, 0) is 4.79 Å². The summed E-state index contributed by atoms with van der Waals surface area (Å²) in [6, 6.07) is 1.11. The molecule has 17 heavy (non-hydrogen) atoms. The second-order valence-corrected chi connectivity index (χ2v) is 7.10. The molecular weight excluding hydrogens is 230 g/mol. The Hall–Kier alpha value is -0.180. The van der Waals surface area contributed by atoms with E-state index in [1.807, 2.05) is 11.8 Å². The van der Waals surface area contributed by atoms with Gasteiger partial charge in [0.05, 0.1) is 5.75 Å². The van der Waals surface area contributed by atoms with E-state index < -0.39 is 0 Å². The Morgan fingerprint density at radius 3 is 2.47 bits per heavy atom. The molecule has 0 saturated heterocycles. The first-order chi connectivity index (χ1) is 8.25. The van der Waals surface area contributed by atoms with Gasteiger partial charge in [-0.05, 0) is 63.0 Å². The topological polar surface area (TPSA) is 20.3 Å². The Morgan fingerprint density at radius 2 is 1.94 bits per heavy atom. The zero-order valence-electron chi connectivity index (χ0n) is 10.7. The molecule has 0 aromatic carbocycles. The molecule has 96 valence electrons. The van der Waals surface area contributed by atoms with Gasteiger partial charge in [-0.3, -0.25) is 4.79 Å². The van der Waals surface area contributed by atoms with Crippen LogP contribution in [0.25, 0.3) is 0 Å². The van der Waals surface area contributed by atoms with Gasteiger partial charge in [0, 0.05) is 12.1 Å². The second-order valence-electron chi connectivity index (χ2n) is 6.07. The molecule has 1 atom stereocenters. The first kappa shape index (κ1) is 11.9. The quantitative estimate of drug-likeness (QED) is 0.695. The Kier molecular flexibility index (Phi) is 3.38. The molecule has 0 aliphatic heterocycles. The van der Waals surface area contributed by atoms with Gasteiger partial charge in [0.1, 0.15) is 0 Å². The highest BCUT2D eigenvalue weighted by Crippen LogP contribution is 2.40. The van der Waals surface area contributed by atoms with Crippen LogP contribution in [0.2, 0.25) is 0 Å². The van der Waals surface area contributed by atoms with Crippen molar-refractivity contribution in [3.63, 3.8) is 0 Å². The third kappa shape index (κ3) is 3.18. The number of hydrogen-bond donors (Lipinski definition) is 0. The molecule has 3 rings (SSSR count). The SMILES string of the molecule is C[C@H](C1CC1)N(C(=O)CSCC1CC1)C1CC1. The summed E-state index contributed by atoms with van der Waals surface area (Å²) in [5, 5.41) is 0. The van der Waals surface area contributed by atoms with Gasteiger partial charge in [-0.2, -0.15) is 11.8 Å². The van der Waals surface area contributed by atoms with Gasteiger partial charge in [0.2, 0.25) is 5.91 Å². The zero-order valence-corrected chi connectivity index (χ0v) is 11.5. The highest BCUT2D eigenvalue weighted by Gasteiger charge is 2.41. The Balaban J connectivity index is 1.48. The van der Waals surface area contributed by atoms with Crippen molar-refractivity contribution in [3.05, 3.63) is 0 Å². The molecular formula is C14H23NOS. The van der Waals surface area contributed by atoms with Crippen molar-refractivity contribution in [2.24, 2.45) is 11.8 Å². The lowest BCUT2D eigenvalue weighted by atomic mass is 10.2. The maximum absolute atomic E-state index is 12.3. The minimum atomic E-state index is 0.414. The maximum atomic E-state index is 12.3. The van der Waals surface area contributed by atoms with Crippen molar-refractivity contribution >= 4 is 17.7 Å². The molecule has 3 aliphatic carbocycles. The number of thioether (sulfide) groups is 1. The van der Waals surface area contributed by atoms with E-state index in [-0.39, 0.29) is 0 Å². The van der Waals surface area contributed by atoms with Crippen LogP contribution in [0, 0.1) is 11.8 Å². The van der Waals surface area contributed by atoms with E-state index in [1.54, 1.807) is 0 Å². The van der Waals surface area contributed by atoms with Gasteiger partial charge in [0.15, 0.2) is 0 Å². The van der Waals surface area contributed by atoms with E-state index in [9.17, 15) is 4.79 Å². The van der Waals surface area contributed by atoms with Gasteiger partial charge in [-0.1, -0.05) is 0 Å². The van der Waals surface area contributed by atoms with Crippen LogP contribution in [-0.4, -0.2) is 34.4 Å². The predicted octanol–water partition coefficient (Wildman–Crippen LogP) is 2.92. The van der Waals surface area contributed by atoms with Crippen molar-refractivity contribution in [2.45, 2.75) is 57.5 Å². The highest BCUT2D eigenvalue weighted by molar-refractivity contribution is 7.99. The summed E-state index contributed by atoms with van der Waals surface area (Å²) in [5.74, 6) is 4.10. The average molecular weight is 253 g/mol. The van der Waals surface area contributed by atoms with E-state index >= 15 is 0 Å². The second kappa shape index (κ2) is 4.83. The average Bonchev–Trinajstić information content (AvgIpc) is 3.13. The van der Waals surface area contributed by atoms with E-state index in [4.69, 9.17) is 0 Å². The summed E-state index contributed by atoms with van der Waals surface area (Å²) in [4.78, 5) is 14.5. The molecule has 0 bridgehead atoms. The van der Waals surface area contributed by atoms with Crippen LogP contribution in [0.4, 0.5) is 0 Å². The third-order valence-corrected chi connectivity index (χ3v) is 5.41. The van der Waals surface area contributed by atoms with Gasteiger partial charge in [-0.15, -0.1) is 0 Å². The molecule has 1 amide bonds. The standard InChI is InChI=1S/C14H23NOS/c1-10(12-4-5-12)15(13-6-7-13)14(16)9-17-8-11-2-3-11/h10-13H,2-9H2,1H3/t10-/m1/s1. The zero-order chi connectivity index (χ0) is 11.8. The summed E-state index contributed by atoms with van der Waals surface area (Å²) in [7, 11) is 0. The first-order valence-electron chi connectivity index (χ1n) is 7.14. The lowest BCUT2D eigenvalue weighted by molar-refractivity contribution is -0.131. The molecule has 0 aromatic heterocycles. The van der Waals surface area contributed by atoms with Crippen LogP contribution in [0.15, 0.2) is 0 Å². The molecule has 0 radical (unpaired) electrons. The summed E-state index contributed by atoms with van der Waals surface area (Å²) >= 11 is 1.86. The van der Waals surface area contributed by atoms with E-state index in [1.165, 1.54) is 44.3 Å². The van der Waals surface area contributed by atoms with Gasteiger partial charge in [-0.25, -0.2) is 0 Å². The Morgan fingerprint density at radius 1 is 1.24 bits per heavy atom. The predicted molar refractivity (Wildman–Crippen MR) is 72.1 cm³/mol. The Bertz CT molecular complexity index is 295. The first-order valence-corrected chi connectivity index (χ1v) is 8.30. The fourth-order valence-corrected chi connectivity index (χ4v) is 3.70. The van der Waals surface area contributed by atoms with E-state index in [2.05, 4.69) is 11.8 Å². The minimum Gasteiger partial charge on any atom is -0.336 e. The van der Waals surface area contributed by atoms with Crippen LogP contribution >= 0.6 is 11.8 Å². The fraction of sp³-hybridized carbons (Fsp3) is 0.929. The minimum absolute atomic E-state index is 0.414. The van der Waals surface area contributed by atoms with Gasteiger partial charge < -0.3 is 4.90 Å². The summed E-state index contributed by atoms with van der Waals surface area (Å²) < 4.78 is 0. The largest absolute Gasteiger partial charge is 0.336 e. The van der Waals surface area contributed by atoms with Crippen molar-refractivity contribution in [1.82, 2.24) is 4.90 Å². The number of carbonyl (C=O) groups excluding carboxylic acids is 1. The number of nitrogens with zero attached hydrogens (tertiary/aromatic N) is 1. The van der Waals surface area contributed by atoms with Crippen LogP contribution in [0.1, 0.15) is 45.4 Å². The lowest BCUT2D eigenvalue weighted by Gasteiger charge is -2.29. The molecule has 0 aromatic rings. The number of rotatable bonds is 7. The maximum Gasteiger partial charge on any atom is 0.233 e. The molecule has 0 unspecified atom stereocenters.